The molecular weight excluding hydrogens is 797 g/mol. The molecule has 1 N–H and O–H groups in total. The fourth-order valence-corrected chi connectivity index (χ4v) is 9.83. The summed E-state index contributed by atoms with van der Waals surface area (Å²) in [5.41, 5.74) is 6.44. The summed E-state index contributed by atoms with van der Waals surface area (Å²) in [4.78, 5) is 56.2. The predicted octanol–water partition coefficient (Wildman–Crippen LogP) is 6.52. The van der Waals surface area contributed by atoms with E-state index >= 15 is 0 Å². The minimum atomic E-state index is -2.81. The number of nitrogens with one attached hydrogen (secondary N) is 1. The molecule has 0 atom stereocenters. The summed E-state index contributed by atoms with van der Waals surface area (Å²) >= 11 is 0. The third kappa shape index (κ3) is 7.82. The molecule has 0 spiro atoms. The maximum absolute atomic E-state index is 14.9. The average Bonchev–Trinajstić information content (AvgIpc) is 3.91. The summed E-state index contributed by atoms with van der Waals surface area (Å²) < 4.78 is 39.3. The maximum atomic E-state index is 14.9. The van der Waals surface area contributed by atoms with Crippen molar-refractivity contribution in [3.05, 3.63) is 77.5 Å². The second-order valence-electron chi connectivity index (χ2n) is 17.0. The number of carbonyl (C=O) groups is 3. The van der Waals surface area contributed by atoms with Crippen LogP contribution >= 0.6 is 0 Å². The number of likely N-dealkylation sites (tertiary alicyclic amines) is 1. The summed E-state index contributed by atoms with van der Waals surface area (Å²) in [6.07, 6.45) is 8.87. The second kappa shape index (κ2) is 17.0. The first-order valence-corrected chi connectivity index (χ1v) is 21.5. The van der Waals surface area contributed by atoms with Crippen molar-refractivity contribution >= 4 is 46.4 Å². The summed E-state index contributed by atoms with van der Waals surface area (Å²) in [5.74, 6) is 1.37. The number of alkyl halides is 2. The second-order valence-corrected chi connectivity index (χ2v) is 17.0. The van der Waals surface area contributed by atoms with E-state index in [0.29, 0.717) is 66.9 Å². The van der Waals surface area contributed by atoms with Gasteiger partial charge in [0.25, 0.3) is 6.43 Å². The molecule has 0 aliphatic carbocycles. The van der Waals surface area contributed by atoms with Gasteiger partial charge in [-0.2, -0.15) is 5.10 Å². The zero-order chi connectivity index (χ0) is 43.2. The van der Waals surface area contributed by atoms with Gasteiger partial charge in [0.15, 0.2) is 5.82 Å². The van der Waals surface area contributed by atoms with Crippen LogP contribution in [0.15, 0.2) is 55.1 Å². The van der Waals surface area contributed by atoms with E-state index in [9.17, 15) is 23.2 Å². The summed E-state index contributed by atoms with van der Waals surface area (Å²) in [6.45, 7) is 9.83. The molecule has 4 amide bonds. The number of nitrogens with zero attached hydrogens (tertiary/aromatic N) is 10. The number of methoxy groups -OCH3 is 1. The van der Waals surface area contributed by atoms with E-state index in [2.05, 4.69) is 42.8 Å². The van der Waals surface area contributed by atoms with Crippen molar-refractivity contribution in [3.8, 4) is 17.0 Å². The first kappa shape index (κ1) is 41.3. The number of fused-ring (bicyclic) bond motifs is 2. The lowest BCUT2D eigenvalue weighted by molar-refractivity contribution is -0.129. The number of piperidine rings is 2. The number of hydrogen-bond donors (Lipinski definition) is 1. The molecule has 4 aromatic heterocycles. The normalized spacial score (nSPS) is 18.1. The van der Waals surface area contributed by atoms with Crippen LogP contribution in [0.4, 0.5) is 36.5 Å². The van der Waals surface area contributed by atoms with E-state index in [-0.39, 0.29) is 35.1 Å². The lowest BCUT2D eigenvalue weighted by atomic mass is 9.93. The summed E-state index contributed by atoms with van der Waals surface area (Å²) in [6, 6.07) is 9.05. The fourth-order valence-electron chi connectivity index (χ4n) is 9.83. The number of hydrogen-bond acceptors (Lipinski definition) is 10. The number of imide groups is 1. The standard InChI is InChI=1S/C45H53F2N11O4/c1-28-36(6-5-7-37(28)57-20-13-41(60)50-45(57)61)54-17-8-30(9-18-54)25-53-15-10-31(11-16-53)58-38-12-19-55(29(2)59)26-35(38)44(51-58)52(3)32-22-34(43(46)47)42(49-24-32)33-23-40-48-14-21-56(40)27-39(33)62-4/h5-7,14,21-24,27,30-31,43H,8-13,15-20,25-26H2,1-4H3,(H,50,60,61). The highest BCUT2D eigenvalue weighted by atomic mass is 19.3. The Balaban J connectivity index is 0.882. The van der Waals surface area contributed by atoms with Crippen LogP contribution in [-0.2, 0) is 22.6 Å². The van der Waals surface area contributed by atoms with E-state index in [1.807, 2.05) is 29.0 Å². The lowest BCUT2D eigenvalue weighted by Gasteiger charge is -2.39. The van der Waals surface area contributed by atoms with Gasteiger partial charge >= 0.3 is 6.03 Å². The molecule has 62 heavy (non-hydrogen) atoms. The van der Waals surface area contributed by atoms with E-state index in [1.165, 1.54) is 13.2 Å². The van der Waals surface area contributed by atoms with Crippen molar-refractivity contribution in [2.75, 3.05) is 74.7 Å². The van der Waals surface area contributed by atoms with Gasteiger partial charge in [0.05, 0.1) is 49.2 Å². The topological polar surface area (TPSA) is 137 Å². The molecule has 4 aliphatic heterocycles. The molecule has 17 heteroatoms. The number of ether oxygens (including phenoxy) is 1. The first-order valence-electron chi connectivity index (χ1n) is 21.5. The molecule has 8 heterocycles. The Hall–Kier alpha value is -6.10. The van der Waals surface area contributed by atoms with Gasteiger partial charge in [-0.1, -0.05) is 6.07 Å². The highest BCUT2D eigenvalue weighted by Crippen LogP contribution is 2.41. The van der Waals surface area contributed by atoms with Crippen molar-refractivity contribution < 1.29 is 27.9 Å². The van der Waals surface area contributed by atoms with Crippen LogP contribution in [-0.4, -0.2) is 112 Å². The Bertz CT molecular complexity index is 2510. The smallest absolute Gasteiger partial charge is 0.328 e. The zero-order valence-corrected chi connectivity index (χ0v) is 35.7. The first-order chi connectivity index (χ1) is 30.0. The largest absolute Gasteiger partial charge is 0.494 e. The van der Waals surface area contributed by atoms with Gasteiger partial charge in [-0.3, -0.25) is 29.5 Å². The van der Waals surface area contributed by atoms with Gasteiger partial charge in [0.2, 0.25) is 11.8 Å². The van der Waals surface area contributed by atoms with Gasteiger partial charge in [-0.15, -0.1) is 0 Å². The highest BCUT2D eigenvalue weighted by Gasteiger charge is 2.34. The van der Waals surface area contributed by atoms with Crippen LogP contribution in [0.25, 0.3) is 16.9 Å². The third-order valence-corrected chi connectivity index (χ3v) is 13.3. The Morgan fingerprint density at radius 1 is 1.00 bits per heavy atom. The molecule has 1 aromatic carbocycles. The van der Waals surface area contributed by atoms with Gasteiger partial charge in [0, 0.05) is 113 Å². The number of pyridine rings is 2. The number of anilines is 4. The molecular formula is C45H53F2N11O4. The predicted molar refractivity (Wildman–Crippen MR) is 231 cm³/mol. The number of carbonyl (C=O) groups excluding carboxylic acids is 3. The monoisotopic (exact) mass is 849 g/mol. The fraction of sp³-hybridized carbons (Fsp3) is 0.467. The summed E-state index contributed by atoms with van der Waals surface area (Å²) in [5, 5.41) is 7.66. The minimum absolute atomic E-state index is 0.0144. The Labute approximate surface area is 359 Å². The molecule has 326 valence electrons. The lowest BCUT2D eigenvalue weighted by Crippen LogP contribution is -2.50. The number of urea groups is 1. The van der Waals surface area contributed by atoms with Crippen LogP contribution in [0.1, 0.15) is 73.9 Å². The summed E-state index contributed by atoms with van der Waals surface area (Å²) in [7, 11) is 3.32. The number of rotatable bonds is 10. The SMILES string of the molecule is COc1cn2ccnc2cc1-c1ncc(N(C)c2nn(C3CCN(CC4CCN(c5cccc(N6CCC(=O)NC6=O)c5C)CC4)CC3)c3c2CN(C(C)=O)CC3)cc1C(F)F. The Morgan fingerprint density at radius 3 is 2.50 bits per heavy atom. The molecule has 9 rings (SSSR count). The molecule has 0 saturated carbocycles. The van der Waals surface area contributed by atoms with Gasteiger partial charge in [0.1, 0.15) is 11.4 Å². The Morgan fingerprint density at radius 2 is 1.77 bits per heavy atom. The molecule has 4 aliphatic rings. The van der Waals surface area contributed by atoms with Crippen molar-refractivity contribution in [1.29, 1.82) is 0 Å². The molecule has 15 nitrogen and oxygen atoms in total. The number of aromatic nitrogens is 5. The van der Waals surface area contributed by atoms with Gasteiger partial charge in [-0.25, -0.2) is 18.6 Å². The molecule has 3 saturated heterocycles. The quantitative estimate of drug-likeness (QED) is 0.166. The van der Waals surface area contributed by atoms with Crippen LogP contribution in [0.5, 0.6) is 5.75 Å². The minimum Gasteiger partial charge on any atom is -0.494 e. The van der Waals surface area contributed by atoms with E-state index in [1.54, 1.807) is 47.1 Å². The van der Waals surface area contributed by atoms with Crippen molar-refractivity contribution in [1.82, 2.24) is 39.3 Å². The molecule has 0 unspecified atom stereocenters. The third-order valence-electron chi connectivity index (χ3n) is 13.3. The Kier molecular flexibility index (Phi) is 11.3. The number of halogens is 2. The molecule has 0 bridgehead atoms. The molecule has 3 fully saturated rings. The van der Waals surface area contributed by atoms with Crippen LogP contribution in [0.3, 0.4) is 0 Å². The van der Waals surface area contributed by atoms with Crippen molar-refractivity contribution in [2.24, 2.45) is 5.92 Å². The number of imidazole rings is 1. The van der Waals surface area contributed by atoms with Crippen LogP contribution < -0.4 is 24.8 Å². The molecule has 0 radical (unpaired) electrons. The van der Waals surface area contributed by atoms with Gasteiger partial charge < -0.3 is 28.7 Å². The van der Waals surface area contributed by atoms with E-state index in [0.717, 1.165) is 86.6 Å². The average molecular weight is 850 g/mol. The zero-order valence-electron chi connectivity index (χ0n) is 35.7. The highest BCUT2D eigenvalue weighted by molar-refractivity contribution is 6.06. The number of amides is 4. The van der Waals surface area contributed by atoms with Crippen molar-refractivity contribution in [3.63, 3.8) is 0 Å². The van der Waals surface area contributed by atoms with E-state index in [4.69, 9.17) is 9.84 Å². The van der Waals surface area contributed by atoms with Crippen LogP contribution in [0, 0.1) is 12.8 Å². The van der Waals surface area contributed by atoms with E-state index < -0.39 is 6.43 Å². The van der Waals surface area contributed by atoms with Gasteiger partial charge in [-0.05, 0) is 68.4 Å². The van der Waals surface area contributed by atoms with Crippen LogP contribution in [0.2, 0.25) is 0 Å². The molecule has 5 aromatic rings. The van der Waals surface area contributed by atoms with Crippen molar-refractivity contribution in [2.45, 2.75) is 71.4 Å². The maximum Gasteiger partial charge on any atom is 0.328 e. The number of benzene rings is 1.